The van der Waals surface area contributed by atoms with Crippen LogP contribution in [0.25, 0.3) is 0 Å². The summed E-state index contributed by atoms with van der Waals surface area (Å²) in [4.78, 5) is 23.1. The van der Waals surface area contributed by atoms with Crippen molar-refractivity contribution in [2.45, 2.75) is 58.4 Å². The Morgan fingerprint density at radius 2 is 2.06 bits per heavy atom. The van der Waals surface area contributed by atoms with Crippen LogP contribution in [0, 0.1) is 5.92 Å². The molecule has 1 rings (SSSR count). The molecule has 2 N–H and O–H groups in total. The highest BCUT2D eigenvalue weighted by atomic mass is 16.2. The van der Waals surface area contributed by atoms with E-state index in [-0.39, 0.29) is 23.8 Å². The molecule has 1 unspecified atom stereocenters. The average molecular weight is 240 g/mol. The number of hydrogen-bond acceptors (Lipinski definition) is 2. The van der Waals surface area contributed by atoms with E-state index in [1.807, 2.05) is 0 Å². The number of carbonyl (C=O) groups is 2. The third kappa shape index (κ3) is 4.75. The minimum absolute atomic E-state index is 0.0918. The molecule has 0 aromatic heterocycles. The number of nitrogens with one attached hydrogen (secondary N) is 2. The lowest BCUT2D eigenvalue weighted by molar-refractivity contribution is -0.128. The molecule has 1 fully saturated rings. The lowest BCUT2D eigenvalue weighted by Crippen LogP contribution is -2.49. The fourth-order valence-corrected chi connectivity index (χ4v) is 2.28. The molecule has 0 saturated carbocycles. The molecule has 4 nitrogen and oxygen atoms in total. The van der Waals surface area contributed by atoms with Gasteiger partial charge in [-0.1, -0.05) is 26.7 Å². The van der Waals surface area contributed by atoms with Crippen LogP contribution in [0.3, 0.4) is 0 Å². The van der Waals surface area contributed by atoms with Crippen LogP contribution in [0.15, 0.2) is 0 Å². The second-order valence-electron chi connectivity index (χ2n) is 4.82. The number of rotatable bonds is 6. The van der Waals surface area contributed by atoms with E-state index < -0.39 is 0 Å². The van der Waals surface area contributed by atoms with Crippen molar-refractivity contribution in [3.05, 3.63) is 0 Å². The van der Waals surface area contributed by atoms with E-state index in [0.29, 0.717) is 13.0 Å². The van der Waals surface area contributed by atoms with Crippen LogP contribution in [-0.2, 0) is 9.59 Å². The number of piperidine rings is 1. The molecule has 1 aliphatic heterocycles. The van der Waals surface area contributed by atoms with Crippen molar-refractivity contribution < 1.29 is 9.59 Å². The minimum atomic E-state index is 0.0918. The van der Waals surface area contributed by atoms with Crippen LogP contribution in [0.1, 0.15) is 52.4 Å². The topological polar surface area (TPSA) is 58.2 Å². The molecule has 4 heteroatoms. The lowest BCUT2D eigenvalue weighted by atomic mass is 9.96. The fourth-order valence-electron chi connectivity index (χ4n) is 2.28. The predicted octanol–water partition coefficient (Wildman–Crippen LogP) is 1.60. The highest BCUT2D eigenvalue weighted by Crippen LogP contribution is 2.14. The van der Waals surface area contributed by atoms with Crippen molar-refractivity contribution in [3.63, 3.8) is 0 Å². The van der Waals surface area contributed by atoms with Gasteiger partial charge in [0.05, 0.1) is 0 Å². The molecular formula is C13H24N2O2. The molecule has 17 heavy (non-hydrogen) atoms. The molecule has 0 radical (unpaired) electrons. The Labute approximate surface area is 104 Å². The lowest BCUT2D eigenvalue weighted by Gasteiger charge is -2.25. The molecule has 0 bridgehead atoms. The monoisotopic (exact) mass is 240 g/mol. The van der Waals surface area contributed by atoms with Crippen LogP contribution < -0.4 is 10.6 Å². The largest absolute Gasteiger partial charge is 0.354 e. The van der Waals surface area contributed by atoms with Gasteiger partial charge < -0.3 is 10.6 Å². The summed E-state index contributed by atoms with van der Waals surface area (Å²) in [6.07, 6.45) is 5.29. The average Bonchev–Trinajstić information content (AvgIpc) is 2.32. The third-order valence-electron chi connectivity index (χ3n) is 3.26. The SMILES string of the molecule is CCCC(CCC)C(=O)NC1CCC(=O)NC1. The molecule has 1 atom stereocenters. The summed E-state index contributed by atoms with van der Waals surface area (Å²) in [6, 6.07) is 0.122. The van der Waals surface area contributed by atoms with Crippen LogP contribution in [0.4, 0.5) is 0 Å². The normalized spacial score (nSPS) is 20.2. The maximum Gasteiger partial charge on any atom is 0.223 e. The van der Waals surface area contributed by atoms with Crippen molar-refractivity contribution in [3.8, 4) is 0 Å². The Morgan fingerprint density at radius 1 is 1.41 bits per heavy atom. The van der Waals surface area contributed by atoms with Gasteiger partial charge in [-0.05, 0) is 19.3 Å². The number of hydrogen-bond donors (Lipinski definition) is 2. The summed E-state index contributed by atoms with van der Waals surface area (Å²) in [5.74, 6) is 0.395. The van der Waals surface area contributed by atoms with Gasteiger partial charge in [-0.25, -0.2) is 0 Å². The van der Waals surface area contributed by atoms with Crippen molar-refractivity contribution in [1.82, 2.24) is 10.6 Å². The third-order valence-corrected chi connectivity index (χ3v) is 3.26. The number of amides is 2. The molecule has 1 heterocycles. The summed E-state index contributed by atoms with van der Waals surface area (Å²) < 4.78 is 0. The van der Waals surface area contributed by atoms with Crippen molar-refractivity contribution in [1.29, 1.82) is 0 Å². The molecule has 0 aromatic rings. The Morgan fingerprint density at radius 3 is 2.53 bits per heavy atom. The van der Waals surface area contributed by atoms with Gasteiger partial charge >= 0.3 is 0 Å². The van der Waals surface area contributed by atoms with Crippen molar-refractivity contribution in [2.24, 2.45) is 5.92 Å². The Kier molecular flexibility index (Phi) is 6.01. The summed E-state index contributed by atoms with van der Waals surface area (Å²) in [5, 5.41) is 5.84. The zero-order chi connectivity index (χ0) is 12.7. The first-order chi connectivity index (χ1) is 8.17. The van der Waals surface area contributed by atoms with Gasteiger partial charge in [0.25, 0.3) is 0 Å². The van der Waals surface area contributed by atoms with Gasteiger partial charge in [0.2, 0.25) is 11.8 Å². The first-order valence-electron chi connectivity index (χ1n) is 6.74. The standard InChI is InChI=1S/C13H24N2O2/c1-3-5-10(6-4-2)13(17)15-11-7-8-12(16)14-9-11/h10-11H,3-9H2,1-2H3,(H,14,16)(H,15,17). The summed E-state index contributed by atoms with van der Waals surface area (Å²) >= 11 is 0. The summed E-state index contributed by atoms with van der Waals surface area (Å²) in [6.45, 7) is 4.79. The maximum absolute atomic E-state index is 12.0. The zero-order valence-corrected chi connectivity index (χ0v) is 10.9. The molecule has 2 amide bonds. The molecule has 0 aliphatic carbocycles. The van der Waals surface area contributed by atoms with E-state index in [0.717, 1.165) is 32.1 Å². The molecule has 98 valence electrons. The quantitative estimate of drug-likeness (QED) is 0.741. The first kappa shape index (κ1) is 14.0. The van der Waals surface area contributed by atoms with Gasteiger partial charge in [-0.3, -0.25) is 9.59 Å². The van der Waals surface area contributed by atoms with E-state index in [1.54, 1.807) is 0 Å². The van der Waals surface area contributed by atoms with Crippen LogP contribution >= 0.6 is 0 Å². The summed E-state index contributed by atoms with van der Waals surface area (Å²) in [7, 11) is 0. The Hall–Kier alpha value is -1.06. The van der Waals surface area contributed by atoms with Gasteiger partial charge in [-0.15, -0.1) is 0 Å². The smallest absolute Gasteiger partial charge is 0.223 e. The van der Waals surface area contributed by atoms with Crippen LogP contribution in [-0.4, -0.2) is 24.4 Å². The van der Waals surface area contributed by atoms with Crippen LogP contribution in [0.2, 0.25) is 0 Å². The fraction of sp³-hybridized carbons (Fsp3) is 0.846. The summed E-state index contributed by atoms with van der Waals surface area (Å²) in [5.41, 5.74) is 0. The Balaban J connectivity index is 2.37. The van der Waals surface area contributed by atoms with E-state index in [4.69, 9.17) is 0 Å². The predicted molar refractivity (Wildman–Crippen MR) is 67.5 cm³/mol. The van der Waals surface area contributed by atoms with E-state index in [1.165, 1.54) is 0 Å². The van der Waals surface area contributed by atoms with Crippen LogP contribution in [0.5, 0.6) is 0 Å². The molecule has 1 saturated heterocycles. The number of carbonyl (C=O) groups excluding carboxylic acids is 2. The maximum atomic E-state index is 12.0. The molecule has 0 aromatic carbocycles. The molecule has 0 spiro atoms. The minimum Gasteiger partial charge on any atom is -0.354 e. The van der Waals surface area contributed by atoms with Gasteiger partial charge in [-0.2, -0.15) is 0 Å². The van der Waals surface area contributed by atoms with E-state index in [2.05, 4.69) is 24.5 Å². The van der Waals surface area contributed by atoms with E-state index >= 15 is 0 Å². The van der Waals surface area contributed by atoms with Crippen molar-refractivity contribution >= 4 is 11.8 Å². The zero-order valence-electron chi connectivity index (χ0n) is 10.9. The Bertz CT molecular complexity index is 250. The van der Waals surface area contributed by atoms with Gasteiger partial charge in [0, 0.05) is 24.9 Å². The molecular weight excluding hydrogens is 216 g/mol. The first-order valence-corrected chi connectivity index (χ1v) is 6.74. The highest BCUT2D eigenvalue weighted by Gasteiger charge is 2.23. The second-order valence-corrected chi connectivity index (χ2v) is 4.82. The van der Waals surface area contributed by atoms with E-state index in [9.17, 15) is 9.59 Å². The second kappa shape index (κ2) is 7.30. The highest BCUT2D eigenvalue weighted by molar-refractivity contribution is 5.80. The van der Waals surface area contributed by atoms with Gasteiger partial charge in [0.15, 0.2) is 0 Å². The molecule has 1 aliphatic rings. The van der Waals surface area contributed by atoms with Gasteiger partial charge in [0.1, 0.15) is 0 Å². The van der Waals surface area contributed by atoms with Crippen molar-refractivity contribution in [2.75, 3.05) is 6.54 Å².